The molecular formula is C16H24N2O3S. The van der Waals surface area contributed by atoms with E-state index < -0.39 is 10.0 Å². The zero-order valence-electron chi connectivity index (χ0n) is 13.2. The molecule has 1 amide bonds. The quantitative estimate of drug-likeness (QED) is 0.872. The van der Waals surface area contributed by atoms with Gasteiger partial charge in [0.1, 0.15) is 0 Å². The summed E-state index contributed by atoms with van der Waals surface area (Å²) in [5, 5.41) is 2.89. The summed E-state index contributed by atoms with van der Waals surface area (Å²) in [4.78, 5) is 12.0. The number of rotatable bonds is 6. The van der Waals surface area contributed by atoms with E-state index in [0.29, 0.717) is 24.2 Å². The van der Waals surface area contributed by atoms with Gasteiger partial charge >= 0.3 is 0 Å². The minimum atomic E-state index is -3.24. The normalized spacial score (nSPS) is 17.4. The third-order valence-electron chi connectivity index (χ3n) is 4.01. The molecule has 1 atom stereocenters. The number of carbonyl (C=O) groups is 1. The topological polar surface area (TPSA) is 66.5 Å². The van der Waals surface area contributed by atoms with Crippen LogP contribution >= 0.6 is 0 Å². The van der Waals surface area contributed by atoms with Gasteiger partial charge < -0.3 is 5.32 Å². The van der Waals surface area contributed by atoms with E-state index in [9.17, 15) is 13.2 Å². The lowest BCUT2D eigenvalue weighted by molar-refractivity contribution is 0.0939. The molecule has 0 radical (unpaired) electrons. The number of nitrogens with one attached hydrogen (secondary N) is 1. The Morgan fingerprint density at radius 2 is 1.82 bits per heavy atom. The number of benzene rings is 1. The van der Waals surface area contributed by atoms with Crippen molar-refractivity contribution in [3.05, 3.63) is 35.4 Å². The van der Waals surface area contributed by atoms with Gasteiger partial charge in [-0.3, -0.25) is 4.79 Å². The Hall–Kier alpha value is -1.40. The maximum absolute atomic E-state index is 12.3. The summed E-state index contributed by atoms with van der Waals surface area (Å²) in [6.07, 6.45) is 2.75. The lowest BCUT2D eigenvalue weighted by atomic mass is 10.1. The van der Waals surface area contributed by atoms with E-state index >= 15 is 0 Å². The van der Waals surface area contributed by atoms with Crippen LogP contribution in [0.3, 0.4) is 0 Å². The molecule has 0 aromatic heterocycles. The van der Waals surface area contributed by atoms with Crippen LogP contribution in [-0.2, 0) is 15.8 Å². The number of nitrogens with zero attached hydrogens (tertiary/aromatic N) is 1. The van der Waals surface area contributed by atoms with E-state index in [0.717, 1.165) is 19.3 Å². The van der Waals surface area contributed by atoms with Crippen LogP contribution in [0.5, 0.6) is 0 Å². The third kappa shape index (κ3) is 4.30. The third-order valence-corrected chi connectivity index (χ3v) is 5.86. The Kier molecular flexibility index (Phi) is 5.58. The molecule has 22 heavy (non-hydrogen) atoms. The minimum absolute atomic E-state index is 0.000260. The van der Waals surface area contributed by atoms with Gasteiger partial charge in [0.05, 0.1) is 5.75 Å². The molecule has 0 aliphatic carbocycles. The fourth-order valence-electron chi connectivity index (χ4n) is 2.43. The second-order valence-electron chi connectivity index (χ2n) is 5.84. The molecule has 1 N–H and O–H groups in total. The van der Waals surface area contributed by atoms with Crippen molar-refractivity contribution in [2.75, 3.05) is 13.1 Å². The van der Waals surface area contributed by atoms with E-state index in [-0.39, 0.29) is 17.7 Å². The van der Waals surface area contributed by atoms with Gasteiger partial charge in [-0.2, -0.15) is 0 Å². The van der Waals surface area contributed by atoms with Crippen LogP contribution in [0.1, 0.15) is 49.0 Å². The van der Waals surface area contributed by atoms with Crippen LogP contribution in [0.4, 0.5) is 0 Å². The zero-order valence-corrected chi connectivity index (χ0v) is 14.0. The molecule has 6 heteroatoms. The molecule has 122 valence electrons. The van der Waals surface area contributed by atoms with Crippen molar-refractivity contribution in [1.29, 1.82) is 0 Å². The first kappa shape index (κ1) is 17.0. The highest BCUT2D eigenvalue weighted by Gasteiger charge is 2.25. The first-order chi connectivity index (χ1) is 10.4. The molecule has 1 fully saturated rings. The number of hydrogen-bond donors (Lipinski definition) is 1. The van der Waals surface area contributed by atoms with Crippen molar-refractivity contribution >= 4 is 15.9 Å². The molecule has 1 aromatic carbocycles. The SMILES string of the molecule is CCC(C)NC(=O)c1ccc(CS(=O)(=O)N2CCCC2)cc1. The molecule has 1 aromatic rings. The summed E-state index contributed by atoms with van der Waals surface area (Å²) in [7, 11) is -3.24. The highest BCUT2D eigenvalue weighted by Crippen LogP contribution is 2.17. The molecule has 0 spiro atoms. The highest BCUT2D eigenvalue weighted by atomic mass is 32.2. The van der Waals surface area contributed by atoms with E-state index in [1.807, 2.05) is 13.8 Å². The van der Waals surface area contributed by atoms with Gasteiger partial charge in [0.15, 0.2) is 0 Å². The van der Waals surface area contributed by atoms with Gasteiger partial charge in [0.25, 0.3) is 5.91 Å². The van der Waals surface area contributed by atoms with Crippen LogP contribution in [-0.4, -0.2) is 37.8 Å². The van der Waals surface area contributed by atoms with Crippen molar-refractivity contribution in [1.82, 2.24) is 9.62 Å². The average Bonchev–Trinajstić information content (AvgIpc) is 3.02. The van der Waals surface area contributed by atoms with Crippen LogP contribution < -0.4 is 5.32 Å². The van der Waals surface area contributed by atoms with Gasteiger partial charge in [0.2, 0.25) is 10.0 Å². The predicted octanol–water partition coefficient (Wildman–Crippen LogP) is 2.14. The number of sulfonamides is 1. The molecule has 0 bridgehead atoms. The summed E-state index contributed by atoms with van der Waals surface area (Å²) < 4.78 is 26.1. The minimum Gasteiger partial charge on any atom is -0.350 e. The molecule has 0 saturated carbocycles. The molecule has 2 rings (SSSR count). The van der Waals surface area contributed by atoms with E-state index in [2.05, 4.69) is 5.32 Å². The van der Waals surface area contributed by atoms with Crippen LogP contribution in [0.15, 0.2) is 24.3 Å². The Morgan fingerprint density at radius 1 is 1.23 bits per heavy atom. The average molecular weight is 324 g/mol. The summed E-state index contributed by atoms with van der Waals surface area (Å²) >= 11 is 0. The first-order valence-corrected chi connectivity index (χ1v) is 9.41. The van der Waals surface area contributed by atoms with Gasteiger partial charge in [-0.25, -0.2) is 12.7 Å². The number of amides is 1. The van der Waals surface area contributed by atoms with Crippen molar-refractivity contribution < 1.29 is 13.2 Å². The van der Waals surface area contributed by atoms with Crippen molar-refractivity contribution in [2.24, 2.45) is 0 Å². The highest BCUT2D eigenvalue weighted by molar-refractivity contribution is 7.88. The zero-order chi connectivity index (χ0) is 16.2. The lowest BCUT2D eigenvalue weighted by Gasteiger charge is -2.15. The van der Waals surface area contributed by atoms with Gasteiger partial charge in [0, 0.05) is 24.7 Å². The Labute approximate surface area is 132 Å². The lowest BCUT2D eigenvalue weighted by Crippen LogP contribution is -2.32. The fourth-order valence-corrected chi connectivity index (χ4v) is 4.04. The maximum Gasteiger partial charge on any atom is 0.251 e. The van der Waals surface area contributed by atoms with E-state index in [1.165, 1.54) is 0 Å². The molecule has 5 nitrogen and oxygen atoms in total. The number of carbonyl (C=O) groups excluding carboxylic acids is 1. The van der Waals surface area contributed by atoms with E-state index in [1.54, 1.807) is 28.6 Å². The van der Waals surface area contributed by atoms with Crippen LogP contribution in [0.2, 0.25) is 0 Å². The second-order valence-corrected chi connectivity index (χ2v) is 7.81. The van der Waals surface area contributed by atoms with Gasteiger partial charge in [-0.05, 0) is 43.9 Å². The van der Waals surface area contributed by atoms with Crippen LogP contribution in [0, 0.1) is 0 Å². The van der Waals surface area contributed by atoms with Crippen molar-refractivity contribution in [3.8, 4) is 0 Å². The first-order valence-electron chi connectivity index (χ1n) is 7.80. The summed E-state index contributed by atoms with van der Waals surface area (Å²) in [6, 6.07) is 6.94. The summed E-state index contributed by atoms with van der Waals surface area (Å²) in [6.45, 7) is 5.21. The largest absolute Gasteiger partial charge is 0.350 e. The van der Waals surface area contributed by atoms with E-state index in [4.69, 9.17) is 0 Å². The predicted molar refractivity (Wildman–Crippen MR) is 87.1 cm³/mol. The van der Waals surface area contributed by atoms with Crippen molar-refractivity contribution in [3.63, 3.8) is 0 Å². The second kappa shape index (κ2) is 7.24. The monoisotopic (exact) mass is 324 g/mol. The Morgan fingerprint density at radius 3 is 2.36 bits per heavy atom. The molecular weight excluding hydrogens is 300 g/mol. The maximum atomic E-state index is 12.3. The molecule has 1 heterocycles. The Balaban J connectivity index is 2.01. The standard InChI is InChI=1S/C16H24N2O3S/c1-3-13(2)17-16(19)15-8-6-14(7-9-15)12-22(20,21)18-10-4-5-11-18/h6-9,13H,3-5,10-12H2,1-2H3,(H,17,19). The molecule has 1 unspecified atom stereocenters. The summed E-state index contributed by atoms with van der Waals surface area (Å²) in [5.74, 6) is -0.122. The smallest absolute Gasteiger partial charge is 0.251 e. The van der Waals surface area contributed by atoms with Gasteiger partial charge in [-0.1, -0.05) is 19.1 Å². The summed E-state index contributed by atoms with van der Waals surface area (Å²) in [5.41, 5.74) is 1.27. The molecule has 1 saturated heterocycles. The Bertz CT molecular complexity index is 605. The van der Waals surface area contributed by atoms with Crippen molar-refractivity contribution in [2.45, 2.75) is 44.9 Å². The van der Waals surface area contributed by atoms with Gasteiger partial charge in [-0.15, -0.1) is 0 Å². The molecule has 1 aliphatic heterocycles. The fraction of sp³-hybridized carbons (Fsp3) is 0.562. The molecule has 1 aliphatic rings. The number of hydrogen-bond acceptors (Lipinski definition) is 3. The van der Waals surface area contributed by atoms with Crippen LogP contribution in [0.25, 0.3) is 0 Å².